The number of rotatable bonds is 4. The van der Waals surface area contributed by atoms with Crippen LogP contribution in [0.3, 0.4) is 0 Å². The summed E-state index contributed by atoms with van der Waals surface area (Å²) in [6.45, 7) is 5.58. The molecule has 1 atom stereocenters. The molecule has 0 aliphatic heterocycles. The lowest BCUT2D eigenvalue weighted by Crippen LogP contribution is -2.18. The van der Waals surface area contributed by atoms with Gasteiger partial charge in [-0.25, -0.2) is 4.79 Å². The highest BCUT2D eigenvalue weighted by molar-refractivity contribution is 5.64. The second-order valence-corrected chi connectivity index (χ2v) is 3.40. The summed E-state index contributed by atoms with van der Waals surface area (Å²) in [5, 5.41) is 16.9. The summed E-state index contributed by atoms with van der Waals surface area (Å²) in [4.78, 5) is 19.7. The van der Waals surface area contributed by atoms with Gasteiger partial charge in [0.15, 0.2) is 11.5 Å². The maximum atomic E-state index is 10.7. The predicted octanol–water partition coefficient (Wildman–Crippen LogP) is 1.05. The highest BCUT2D eigenvalue weighted by Crippen LogP contribution is 2.24. The molecule has 0 aromatic carbocycles. The van der Waals surface area contributed by atoms with Crippen molar-refractivity contribution in [3.8, 4) is 0 Å². The number of carboxylic acid groups (broad SMARTS) is 1. The van der Waals surface area contributed by atoms with Gasteiger partial charge in [0.25, 0.3) is 5.97 Å². The second kappa shape index (κ2) is 8.97. The van der Waals surface area contributed by atoms with Gasteiger partial charge in [0.05, 0.1) is 13.2 Å². The Hall–Kier alpha value is -2.04. The molecule has 0 radical (unpaired) electrons. The predicted molar refractivity (Wildman–Crippen MR) is 67.9 cm³/mol. The summed E-state index contributed by atoms with van der Waals surface area (Å²) >= 11 is 0. The molecule has 2 N–H and O–H groups in total. The van der Waals surface area contributed by atoms with Crippen molar-refractivity contribution in [3.63, 3.8) is 0 Å². The second-order valence-electron chi connectivity index (χ2n) is 3.40. The van der Waals surface area contributed by atoms with Gasteiger partial charge in [0.2, 0.25) is 0 Å². The third-order valence-corrected chi connectivity index (χ3v) is 1.89. The molecule has 106 valence electrons. The molecule has 1 aliphatic rings. The molecule has 0 saturated heterocycles. The maximum Gasteiger partial charge on any atom is 0.300 e. The van der Waals surface area contributed by atoms with E-state index in [4.69, 9.17) is 19.4 Å². The van der Waals surface area contributed by atoms with E-state index in [0.29, 0.717) is 19.0 Å². The van der Waals surface area contributed by atoms with Gasteiger partial charge in [-0.1, -0.05) is 0 Å². The van der Waals surface area contributed by atoms with Gasteiger partial charge in [-0.05, 0) is 26.0 Å². The number of carbonyl (C=O) groups excluding carboxylic acids is 1. The van der Waals surface area contributed by atoms with E-state index < -0.39 is 12.1 Å². The fourth-order valence-electron chi connectivity index (χ4n) is 1.29. The first kappa shape index (κ1) is 17.0. The molecule has 0 saturated carbocycles. The Morgan fingerprint density at radius 1 is 1.37 bits per heavy atom. The van der Waals surface area contributed by atoms with Gasteiger partial charge >= 0.3 is 0 Å². The van der Waals surface area contributed by atoms with Gasteiger partial charge < -0.3 is 19.7 Å². The van der Waals surface area contributed by atoms with Gasteiger partial charge in [-0.2, -0.15) is 0 Å². The number of hydrogen-bond donors (Lipinski definition) is 2. The van der Waals surface area contributed by atoms with E-state index in [2.05, 4.69) is 0 Å². The summed E-state index contributed by atoms with van der Waals surface area (Å²) in [7, 11) is 0. The molecule has 1 unspecified atom stereocenters. The van der Waals surface area contributed by atoms with Gasteiger partial charge in [0.1, 0.15) is 17.6 Å². The number of ether oxygens (including phenoxy) is 2. The van der Waals surface area contributed by atoms with Gasteiger partial charge in [-0.3, -0.25) is 4.79 Å². The van der Waals surface area contributed by atoms with Crippen molar-refractivity contribution in [1.82, 2.24) is 0 Å². The van der Waals surface area contributed by atoms with Crippen LogP contribution in [0.4, 0.5) is 0 Å². The number of allylic oxidation sites excluding steroid dienone is 1. The highest BCUT2D eigenvalue weighted by atomic mass is 16.5. The van der Waals surface area contributed by atoms with Gasteiger partial charge in [0, 0.05) is 6.92 Å². The molecule has 0 amide bonds. The summed E-state index contributed by atoms with van der Waals surface area (Å²) in [5.41, 5.74) is 0.0859. The molecule has 0 aromatic heterocycles. The lowest BCUT2D eigenvalue weighted by Gasteiger charge is -2.19. The van der Waals surface area contributed by atoms with Gasteiger partial charge in [-0.15, -0.1) is 0 Å². The number of aliphatic hydroxyl groups excluding tert-OH is 1. The Bertz CT molecular complexity index is 411. The number of aliphatic hydroxyl groups is 1. The average Bonchev–Trinajstić information content (AvgIpc) is 2.33. The van der Waals surface area contributed by atoms with Crippen molar-refractivity contribution in [3.05, 3.63) is 29.2 Å². The largest absolute Gasteiger partial charge is 0.490 e. The molecule has 6 nitrogen and oxygen atoms in total. The fraction of sp³-hybridized carbons (Fsp3) is 0.462. The zero-order valence-electron chi connectivity index (χ0n) is 11.2. The van der Waals surface area contributed by atoms with Crippen molar-refractivity contribution in [1.29, 1.82) is 0 Å². The molecular weight excluding hydrogens is 252 g/mol. The number of carboxylic acids is 1. The summed E-state index contributed by atoms with van der Waals surface area (Å²) in [5.74, 6) is 1.59. The lowest BCUT2D eigenvalue weighted by molar-refractivity contribution is -0.134. The normalized spacial score (nSPS) is 17.3. The standard InChI is InChI=1S/C11H14O4.C2H4O2/c1-3-14-10-6-5-9(13)8(7-12)11(10)15-4-2;1-2(3)4/h5-6,9,13H,3-4H2,1-2H3;1H3,(H,3,4). The van der Waals surface area contributed by atoms with E-state index in [-0.39, 0.29) is 11.3 Å². The summed E-state index contributed by atoms with van der Waals surface area (Å²) in [6, 6.07) is 0. The molecule has 0 spiro atoms. The molecule has 0 fully saturated rings. The molecule has 0 aromatic rings. The first-order chi connectivity index (χ1) is 8.97. The summed E-state index contributed by atoms with van der Waals surface area (Å²) < 4.78 is 10.6. The Kier molecular flexibility index (Phi) is 8.00. The van der Waals surface area contributed by atoms with Crippen LogP contribution in [0.15, 0.2) is 29.2 Å². The van der Waals surface area contributed by atoms with E-state index in [1.807, 2.05) is 6.92 Å². The van der Waals surface area contributed by atoms with Crippen molar-refractivity contribution in [2.24, 2.45) is 0 Å². The zero-order chi connectivity index (χ0) is 14.8. The minimum absolute atomic E-state index is 0.0859. The molecule has 6 heteroatoms. The SMILES string of the molecule is CC(=O)O.CCOC1=C(OCC)C(=C=O)C(O)C=C1. The smallest absolute Gasteiger partial charge is 0.300 e. The van der Waals surface area contributed by atoms with Crippen LogP contribution in [-0.4, -0.2) is 41.4 Å². The first-order valence-corrected chi connectivity index (χ1v) is 5.78. The Labute approximate surface area is 111 Å². The van der Waals surface area contributed by atoms with Crippen LogP contribution in [0.25, 0.3) is 0 Å². The van der Waals surface area contributed by atoms with Crippen LogP contribution in [-0.2, 0) is 19.1 Å². The Balaban J connectivity index is 0.000000711. The van der Waals surface area contributed by atoms with E-state index >= 15 is 0 Å². The highest BCUT2D eigenvalue weighted by Gasteiger charge is 2.24. The summed E-state index contributed by atoms with van der Waals surface area (Å²) in [6.07, 6.45) is 2.10. The molecule has 19 heavy (non-hydrogen) atoms. The fourth-order valence-corrected chi connectivity index (χ4v) is 1.29. The zero-order valence-corrected chi connectivity index (χ0v) is 11.2. The topological polar surface area (TPSA) is 93.1 Å². The number of carbonyl (C=O) groups is 1. The Morgan fingerprint density at radius 2 is 1.89 bits per heavy atom. The Morgan fingerprint density at radius 3 is 2.32 bits per heavy atom. The van der Waals surface area contributed by atoms with Crippen molar-refractivity contribution in [2.45, 2.75) is 26.9 Å². The van der Waals surface area contributed by atoms with Crippen LogP contribution >= 0.6 is 0 Å². The third-order valence-electron chi connectivity index (χ3n) is 1.89. The lowest BCUT2D eigenvalue weighted by atomic mass is 10.0. The van der Waals surface area contributed by atoms with E-state index in [0.717, 1.165) is 6.92 Å². The number of hydrogen-bond acceptors (Lipinski definition) is 5. The minimum Gasteiger partial charge on any atom is -0.490 e. The van der Waals surface area contributed by atoms with Crippen molar-refractivity contribution < 1.29 is 29.3 Å². The number of aliphatic carboxylic acids is 1. The average molecular weight is 270 g/mol. The van der Waals surface area contributed by atoms with E-state index in [1.54, 1.807) is 18.9 Å². The van der Waals surface area contributed by atoms with Crippen LogP contribution in [0.1, 0.15) is 20.8 Å². The molecule has 0 bridgehead atoms. The van der Waals surface area contributed by atoms with Crippen LogP contribution < -0.4 is 0 Å². The first-order valence-electron chi connectivity index (χ1n) is 5.78. The third kappa shape index (κ3) is 5.90. The van der Waals surface area contributed by atoms with Crippen LogP contribution in [0.2, 0.25) is 0 Å². The quantitative estimate of drug-likeness (QED) is 0.742. The van der Waals surface area contributed by atoms with Crippen molar-refractivity contribution in [2.75, 3.05) is 13.2 Å². The molecular formula is C13H18O6. The van der Waals surface area contributed by atoms with Crippen molar-refractivity contribution >= 4 is 11.9 Å². The van der Waals surface area contributed by atoms with E-state index in [9.17, 15) is 9.90 Å². The van der Waals surface area contributed by atoms with Crippen LogP contribution in [0.5, 0.6) is 0 Å². The minimum atomic E-state index is -0.965. The maximum absolute atomic E-state index is 10.7. The van der Waals surface area contributed by atoms with E-state index in [1.165, 1.54) is 6.08 Å². The molecule has 1 aliphatic carbocycles. The molecule has 1 rings (SSSR count). The van der Waals surface area contributed by atoms with Crippen LogP contribution in [0, 0.1) is 0 Å². The molecule has 0 heterocycles. The monoisotopic (exact) mass is 270 g/mol.